The first-order chi connectivity index (χ1) is 14.6. The molecule has 31 heavy (non-hydrogen) atoms. The van der Waals surface area contributed by atoms with Crippen LogP contribution in [0.5, 0.6) is 5.75 Å². The molecule has 1 heterocycles. The highest BCUT2D eigenvalue weighted by atomic mass is 32.1. The number of carbonyl (C=O) groups excluding carboxylic acids is 2. The van der Waals surface area contributed by atoms with Gasteiger partial charge in [0.1, 0.15) is 5.75 Å². The smallest absolute Gasteiger partial charge is 0.442 e. The number of aromatic nitrogens is 1. The third kappa shape index (κ3) is 4.13. The van der Waals surface area contributed by atoms with E-state index in [4.69, 9.17) is 4.74 Å². The Balaban J connectivity index is 2.09. The Bertz CT molecular complexity index is 1130. The first kappa shape index (κ1) is 22.3. The number of benzene rings is 2. The quantitative estimate of drug-likeness (QED) is 0.435. The second kappa shape index (κ2) is 8.42. The summed E-state index contributed by atoms with van der Waals surface area (Å²) in [5, 5.41) is 3.61. The molecule has 2 aromatic carbocycles. The molecule has 0 fully saturated rings. The van der Waals surface area contributed by atoms with Crippen LogP contribution < -0.4 is 15.4 Å². The average Bonchev–Trinajstić information content (AvgIpc) is 3.15. The fourth-order valence-electron chi connectivity index (χ4n) is 2.91. The van der Waals surface area contributed by atoms with Crippen LogP contribution in [0.15, 0.2) is 42.5 Å². The number of hydrogen-bond acceptors (Lipinski definition) is 7. The van der Waals surface area contributed by atoms with Crippen LogP contribution in [-0.4, -0.2) is 42.9 Å². The Morgan fingerprint density at radius 1 is 1.06 bits per heavy atom. The molecule has 2 N–H and O–H groups in total. The van der Waals surface area contributed by atoms with Gasteiger partial charge in [-0.2, -0.15) is 13.2 Å². The van der Waals surface area contributed by atoms with Gasteiger partial charge in [-0.3, -0.25) is 4.79 Å². The van der Waals surface area contributed by atoms with Gasteiger partial charge < -0.3 is 20.1 Å². The summed E-state index contributed by atoms with van der Waals surface area (Å²) in [4.78, 5) is 29.3. The van der Waals surface area contributed by atoms with Crippen molar-refractivity contribution in [2.75, 3.05) is 19.5 Å². The van der Waals surface area contributed by atoms with Gasteiger partial charge in [-0.05, 0) is 30.7 Å². The molecule has 0 saturated carbocycles. The number of thiazole rings is 1. The lowest BCUT2D eigenvalue weighted by Gasteiger charge is -2.34. The summed E-state index contributed by atoms with van der Waals surface area (Å²) in [6.07, 6.45) is -5.27. The maximum atomic E-state index is 14.3. The Kier molecular flexibility index (Phi) is 6.07. The van der Waals surface area contributed by atoms with Crippen molar-refractivity contribution in [3.8, 4) is 5.75 Å². The molecule has 0 aliphatic rings. The third-order valence-corrected chi connectivity index (χ3v) is 5.42. The lowest BCUT2D eigenvalue weighted by atomic mass is 10.1. The third-order valence-electron chi connectivity index (χ3n) is 4.48. The molecule has 7 nitrogen and oxygen atoms in total. The number of rotatable bonds is 6. The van der Waals surface area contributed by atoms with Crippen LogP contribution in [0.3, 0.4) is 0 Å². The number of halogens is 3. The zero-order valence-electron chi connectivity index (χ0n) is 16.7. The number of para-hydroxylation sites is 2. The van der Waals surface area contributed by atoms with Crippen molar-refractivity contribution < 1.29 is 32.2 Å². The van der Waals surface area contributed by atoms with Gasteiger partial charge in [0.15, 0.2) is 5.13 Å². The number of ether oxygens (including phenoxy) is 2. The lowest BCUT2D eigenvalue weighted by molar-refractivity contribution is -0.203. The van der Waals surface area contributed by atoms with Crippen LogP contribution in [0, 0.1) is 6.92 Å². The molecule has 0 spiro atoms. The monoisotopic (exact) mass is 453 g/mol. The standard InChI is InChI=1S/C20H18F3N3O4S/c1-11-7-6-10-14-15(11)24-18(31-14)26-19(17(28)30-3,20(21,22)23)25-16(27)12-8-4-5-9-13(12)29-2/h4-10H,1-3H3,(H,24,26)(H,25,27)/t19-/m0/s1. The fraction of sp³-hybridized carbons (Fsp3) is 0.250. The van der Waals surface area contributed by atoms with Crippen LogP contribution in [0.1, 0.15) is 15.9 Å². The van der Waals surface area contributed by atoms with E-state index in [1.54, 1.807) is 36.5 Å². The number of nitrogens with one attached hydrogen (secondary N) is 2. The highest BCUT2D eigenvalue weighted by Gasteiger charge is 2.64. The van der Waals surface area contributed by atoms with E-state index in [1.165, 1.54) is 25.3 Å². The van der Waals surface area contributed by atoms with Crippen LogP contribution in [0.2, 0.25) is 0 Å². The van der Waals surface area contributed by atoms with E-state index in [0.29, 0.717) is 10.2 Å². The fourth-order valence-corrected chi connectivity index (χ4v) is 3.91. The van der Waals surface area contributed by atoms with Crippen molar-refractivity contribution in [2.24, 2.45) is 0 Å². The van der Waals surface area contributed by atoms with Crippen molar-refractivity contribution >= 4 is 38.6 Å². The summed E-state index contributed by atoms with van der Waals surface area (Å²) >= 11 is 0.907. The molecular weight excluding hydrogens is 435 g/mol. The van der Waals surface area contributed by atoms with Gasteiger partial charge in [-0.15, -0.1) is 0 Å². The van der Waals surface area contributed by atoms with Gasteiger partial charge in [0.05, 0.1) is 30.0 Å². The molecule has 164 valence electrons. The minimum absolute atomic E-state index is 0.0385. The van der Waals surface area contributed by atoms with Gasteiger partial charge in [0.2, 0.25) is 0 Å². The number of aryl methyl sites for hydroxylation is 1. The molecule has 0 saturated heterocycles. The summed E-state index contributed by atoms with van der Waals surface area (Å²) in [6, 6.07) is 10.9. The van der Waals surface area contributed by atoms with Gasteiger partial charge >= 0.3 is 17.8 Å². The van der Waals surface area contributed by atoms with Crippen LogP contribution in [0.4, 0.5) is 18.3 Å². The van der Waals surface area contributed by atoms with Gasteiger partial charge in [0, 0.05) is 0 Å². The van der Waals surface area contributed by atoms with E-state index in [9.17, 15) is 22.8 Å². The summed E-state index contributed by atoms with van der Waals surface area (Å²) in [6.45, 7) is 1.76. The summed E-state index contributed by atoms with van der Waals surface area (Å²) in [5.41, 5.74) is -2.55. The van der Waals surface area contributed by atoms with E-state index in [0.717, 1.165) is 24.0 Å². The van der Waals surface area contributed by atoms with Crippen molar-refractivity contribution in [2.45, 2.75) is 18.8 Å². The van der Waals surface area contributed by atoms with Crippen molar-refractivity contribution in [1.82, 2.24) is 10.3 Å². The predicted molar refractivity (Wildman–Crippen MR) is 109 cm³/mol. The normalized spacial score (nSPS) is 13.4. The molecule has 0 aliphatic heterocycles. The number of carbonyl (C=O) groups is 2. The topological polar surface area (TPSA) is 89.5 Å². The molecule has 1 amide bonds. The number of amides is 1. The number of alkyl halides is 3. The molecule has 11 heteroatoms. The molecule has 0 unspecified atom stereocenters. The zero-order valence-corrected chi connectivity index (χ0v) is 17.5. The maximum absolute atomic E-state index is 14.3. The number of fused-ring (bicyclic) bond motifs is 1. The van der Waals surface area contributed by atoms with Gasteiger partial charge in [-0.25, -0.2) is 9.78 Å². The number of esters is 1. The molecule has 0 radical (unpaired) electrons. The minimum Gasteiger partial charge on any atom is -0.496 e. The van der Waals surface area contributed by atoms with Crippen LogP contribution in [-0.2, 0) is 9.53 Å². The first-order valence-electron chi connectivity index (χ1n) is 8.88. The summed E-state index contributed by atoms with van der Waals surface area (Å²) in [7, 11) is 2.06. The van der Waals surface area contributed by atoms with E-state index in [-0.39, 0.29) is 16.4 Å². The predicted octanol–water partition coefficient (Wildman–Crippen LogP) is 3.89. The molecule has 1 atom stereocenters. The number of anilines is 1. The maximum Gasteiger partial charge on any atom is 0.442 e. The lowest BCUT2D eigenvalue weighted by Crippen LogP contribution is -2.69. The zero-order chi connectivity index (χ0) is 22.8. The molecule has 3 rings (SSSR count). The second-order valence-corrected chi connectivity index (χ2v) is 7.49. The van der Waals surface area contributed by atoms with E-state index in [2.05, 4.69) is 15.0 Å². The number of nitrogens with zero attached hydrogens (tertiary/aromatic N) is 1. The molecular formula is C20H18F3N3O4S. The molecule has 1 aromatic heterocycles. The summed E-state index contributed by atoms with van der Waals surface area (Å²) < 4.78 is 52.8. The summed E-state index contributed by atoms with van der Waals surface area (Å²) in [5.74, 6) is -2.90. The highest BCUT2D eigenvalue weighted by Crippen LogP contribution is 2.36. The Hall–Kier alpha value is -3.34. The molecule has 0 bridgehead atoms. The largest absolute Gasteiger partial charge is 0.496 e. The van der Waals surface area contributed by atoms with Gasteiger partial charge in [0.25, 0.3) is 5.91 Å². The first-order valence-corrected chi connectivity index (χ1v) is 9.69. The van der Waals surface area contributed by atoms with Crippen molar-refractivity contribution in [1.29, 1.82) is 0 Å². The van der Waals surface area contributed by atoms with Crippen molar-refractivity contribution in [3.63, 3.8) is 0 Å². The van der Waals surface area contributed by atoms with E-state index >= 15 is 0 Å². The average molecular weight is 453 g/mol. The van der Waals surface area contributed by atoms with E-state index < -0.39 is 23.7 Å². The second-order valence-electron chi connectivity index (χ2n) is 6.46. The number of hydrogen-bond donors (Lipinski definition) is 2. The Morgan fingerprint density at radius 3 is 2.39 bits per heavy atom. The Morgan fingerprint density at radius 2 is 1.77 bits per heavy atom. The minimum atomic E-state index is -5.27. The Labute approximate surface area is 179 Å². The SMILES string of the molecule is COC(=O)[C@](NC(=O)c1ccccc1OC)(Nc1nc2c(C)cccc2s1)C(F)(F)F. The molecule has 3 aromatic rings. The molecule has 0 aliphatic carbocycles. The highest BCUT2D eigenvalue weighted by molar-refractivity contribution is 7.22. The van der Waals surface area contributed by atoms with Crippen LogP contribution >= 0.6 is 11.3 Å². The number of methoxy groups -OCH3 is 2. The van der Waals surface area contributed by atoms with Crippen molar-refractivity contribution in [3.05, 3.63) is 53.6 Å². The van der Waals surface area contributed by atoms with E-state index in [1.807, 2.05) is 0 Å². The van der Waals surface area contributed by atoms with Crippen LogP contribution in [0.25, 0.3) is 10.2 Å². The van der Waals surface area contributed by atoms with Gasteiger partial charge in [-0.1, -0.05) is 35.6 Å².